The van der Waals surface area contributed by atoms with Gasteiger partial charge >= 0.3 is 0 Å². The van der Waals surface area contributed by atoms with Crippen LogP contribution in [0.25, 0.3) is 0 Å². The molecule has 0 aromatic heterocycles. The van der Waals surface area contributed by atoms with Crippen LogP contribution in [0.1, 0.15) is 11.1 Å². The summed E-state index contributed by atoms with van der Waals surface area (Å²) in [5.41, 5.74) is 2.02. The minimum absolute atomic E-state index is 0.0849. The lowest BCUT2D eigenvalue weighted by Gasteiger charge is -2.43. The van der Waals surface area contributed by atoms with Crippen LogP contribution in [-0.4, -0.2) is 43.3 Å². The number of hydrogen-bond acceptors (Lipinski definition) is 3. The molecule has 0 unspecified atom stereocenters. The van der Waals surface area contributed by atoms with Gasteiger partial charge in [0.2, 0.25) is 10.0 Å². The van der Waals surface area contributed by atoms with E-state index in [4.69, 9.17) is 11.6 Å². The molecule has 0 amide bonds. The van der Waals surface area contributed by atoms with Crippen LogP contribution in [0.4, 0.5) is 0 Å². The second kappa shape index (κ2) is 6.72. The normalized spacial score (nSPS) is 24.0. The maximum atomic E-state index is 12.7. The molecule has 25 heavy (non-hydrogen) atoms. The maximum Gasteiger partial charge on any atom is 0.218 e. The number of benzene rings is 2. The van der Waals surface area contributed by atoms with E-state index in [0.717, 1.165) is 23.7 Å². The molecule has 2 aromatic carbocycles. The second-order valence-electron chi connectivity index (χ2n) is 6.95. The number of sulfonamides is 1. The predicted molar refractivity (Wildman–Crippen MR) is 99.8 cm³/mol. The van der Waals surface area contributed by atoms with Gasteiger partial charge in [0.25, 0.3) is 0 Å². The van der Waals surface area contributed by atoms with Crippen LogP contribution in [-0.2, 0) is 22.3 Å². The number of rotatable bonds is 5. The molecule has 6 heteroatoms. The first kappa shape index (κ1) is 17.0. The Labute approximate surface area is 154 Å². The minimum atomic E-state index is -3.26. The van der Waals surface area contributed by atoms with Crippen LogP contribution in [0.5, 0.6) is 0 Å². The van der Waals surface area contributed by atoms with Crippen molar-refractivity contribution in [2.24, 2.45) is 5.92 Å². The Kier molecular flexibility index (Phi) is 4.58. The fourth-order valence-corrected chi connectivity index (χ4v) is 5.67. The number of fused-ring (bicyclic) bond motifs is 1. The average Bonchev–Trinajstić information content (AvgIpc) is 2.91. The Morgan fingerprint density at radius 2 is 1.72 bits per heavy atom. The van der Waals surface area contributed by atoms with E-state index in [0.29, 0.717) is 25.0 Å². The van der Waals surface area contributed by atoms with E-state index in [2.05, 4.69) is 11.0 Å². The van der Waals surface area contributed by atoms with E-state index >= 15 is 0 Å². The van der Waals surface area contributed by atoms with E-state index in [1.807, 2.05) is 48.5 Å². The summed E-state index contributed by atoms with van der Waals surface area (Å²) in [6, 6.07) is 17.6. The SMILES string of the molecule is O=S(=O)(Cc1ccccc1)N1C[C@H]2CN(Cc3cccc(Cl)c3)[C@H]2C1. The van der Waals surface area contributed by atoms with Gasteiger partial charge in [-0.25, -0.2) is 8.42 Å². The van der Waals surface area contributed by atoms with Crippen molar-refractivity contribution in [3.05, 3.63) is 70.7 Å². The minimum Gasteiger partial charge on any atom is -0.294 e. The number of halogens is 1. The van der Waals surface area contributed by atoms with Crippen LogP contribution >= 0.6 is 11.6 Å². The van der Waals surface area contributed by atoms with Crippen molar-refractivity contribution in [1.82, 2.24) is 9.21 Å². The first-order chi connectivity index (χ1) is 12.0. The zero-order chi connectivity index (χ0) is 17.4. The molecule has 2 aliphatic rings. The Morgan fingerprint density at radius 1 is 0.960 bits per heavy atom. The molecular weight excluding hydrogens is 356 g/mol. The fraction of sp³-hybridized carbons (Fsp3) is 0.368. The quantitative estimate of drug-likeness (QED) is 0.805. The van der Waals surface area contributed by atoms with E-state index in [1.165, 1.54) is 5.56 Å². The van der Waals surface area contributed by atoms with E-state index in [-0.39, 0.29) is 5.75 Å². The maximum absolute atomic E-state index is 12.7. The van der Waals surface area contributed by atoms with Gasteiger partial charge < -0.3 is 0 Å². The Hall–Kier alpha value is -1.40. The molecular formula is C19H21ClN2O2S. The van der Waals surface area contributed by atoms with Crippen LogP contribution in [0.3, 0.4) is 0 Å². The van der Waals surface area contributed by atoms with Crippen LogP contribution in [0.2, 0.25) is 5.02 Å². The number of nitrogens with zero attached hydrogens (tertiary/aromatic N) is 2. The van der Waals surface area contributed by atoms with Gasteiger partial charge in [0.05, 0.1) is 5.75 Å². The molecule has 0 aliphatic carbocycles. The first-order valence-corrected chi connectivity index (χ1v) is 10.5. The molecule has 4 rings (SSSR count). The standard InChI is InChI=1S/C19H21ClN2O2S/c20-18-8-4-7-16(9-18)10-21-11-17-12-22(13-19(17)21)25(23,24)14-15-5-2-1-3-6-15/h1-9,17,19H,10-14H2/t17-,19+/m1/s1. The summed E-state index contributed by atoms with van der Waals surface area (Å²) in [7, 11) is -3.26. The van der Waals surface area contributed by atoms with E-state index in [9.17, 15) is 8.42 Å². The third-order valence-corrected chi connectivity index (χ3v) is 7.19. The van der Waals surface area contributed by atoms with Gasteiger partial charge in [-0.05, 0) is 23.3 Å². The van der Waals surface area contributed by atoms with Gasteiger partial charge in [0.15, 0.2) is 0 Å². The molecule has 4 nitrogen and oxygen atoms in total. The largest absolute Gasteiger partial charge is 0.294 e. The van der Waals surface area contributed by atoms with Crippen molar-refractivity contribution >= 4 is 21.6 Å². The zero-order valence-corrected chi connectivity index (χ0v) is 15.5. The lowest BCUT2D eigenvalue weighted by atomic mass is 9.91. The molecule has 0 N–H and O–H groups in total. The van der Waals surface area contributed by atoms with Crippen molar-refractivity contribution in [2.45, 2.75) is 18.3 Å². The van der Waals surface area contributed by atoms with Gasteiger partial charge in [-0.2, -0.15) is 4.31 Å². The monoisotopic (exact) mass is 376 g/mol. The summed E-state index contributed by atoms with van der Waals surface area (Å²) in [5, 5.41) is 0.744. The van der Waals surface area contributed by atoms with Gasteiger partial charge in [-0.3, -0.25) is 4.90 Å². The van der Waals surface area contributed by atoms with E-state index < -0.39 is 10.0 Å². The highest BCUT2D eigenvalue weighted by atomic mass is 35.5. The van der Waals surface area contributed by atoms with Gasteiger partial charge in [-0.15, -0.1) is 0 Å². The predicted octanol–water partition coefficient (Wildman–Crippen LogP) is 2.99. The first-order valence-electron chi connectivity index (χ1n) is 8.51. The summed E-state index contributed by atoms with van der Waals surface area (Å²) < 4.78 is 27.1. The molecule has 0 spiro atoms. The number of likely N-dealkylation sites (tertiary alicyclic amines) is 1. The van der Waals surface area contributed by atoms with Crippen molar-refractivity contribution in [3.63, 3.8) is 0 Å². The molecule has 2 fully saturated rings. The highest BCUT2D eigenvalue weighted by molar-refractivity contribution is 7.88. The summed E-state index contributed by atoms with van der Waals surface area (Å²) in [6.45, 7) is 3.02. The summed E-state index contributed by atoms with van der Waals surface area (Å²) >= 11 is 6.05. The lowest BCUT2D eigenvalue weighted by molar-refractivity contribution is 0.0435. The third-order valence-electron chi connectivity index (χ3n) is 5.17. The summed E-state index contributed by atoms with van der Waals surface area (Å²) in [4.78, 5) is 2.36. The topological polar surface area (TPSA) is 40.6 Å². The van der Waals surface area contributed by atoms with Gasteiger partial charge in [0, 0.05) is 43.2 Å². The molecule has 132 valence electrons. The number of hydrogen-bond donors (Lipinski definition) is 0. The van der Waals surface area contributed by atoms with Crippen LogP contribution < -0.4 is 0 Å². The van der Waals surface area contributed by atoms with Crippen molar-refractivity contribution in [2.75, 3.05) is 19.6 Å². The molecule has 2 aromatic rings. The second-order valence-corrected chi connectivity index (χ2v) is 9.35. The molecule has 2 heterocycles. The fourth-order valence-electron chi connectivity index (χ4n) is 3.86. The van der Waals surface area contributed by atoms with Crippen molar-refractivity contribution in [3.8, 4) is 0 Å². The Morgan fingerprint density at radius 3 is 2.48 bits per heavy atom. The highest BCUT2D eigenvalue weighted by Crippen LogP contribution is 2.35. The van der Waals surface area contributed by atoms with Crippen LogP contribution in [0.15, 0.2) is 54.6 Å². The molecule has 0 radical (unpaired) electrons. The summed E-state index contributed by atoms with van der Waals surface area (Å²) in [5.74, 6) is 0.534. The smallest absolute Gasteiger partial charge is 0.218 e. The molecule has 0 saturated carbocycles. The molecule has 0 bridgehead atoms. The van der Waals surface area contributed by atoms with Crippen molar-refractivity contribution < 1.29 is 8.42 Å². The molecule has 2 atom stereocenters. The Balaban J connectivity index is 1.40. The highest BCUT2D eigenvalue weighted by Gasteiger charge is 2.48. The zero-order valence-electron chi connectivity index (χ0n) is 13.9. The lowest BCUT2D eigenvalue weighted by Crippen LogP contribution is -2.54. The molecule has 2 aliphatic heterocycles. The van der Waals surface area contributed by atoms with Gasteiger partial charge in [-0.1, -0.05) is 54.1 Å². The Bertz CT molecular complexity index is 857. The van der Waals surface area contributed by atoms with Crippen LogP contribution in [0, 0.1) is 5.92 Å². The average molecular weight is 377 g/mol. The summed E-state index contributed by atoms with van der Waals surface area (Å²) in [6.07, 6.45) is 0. The molecule has 2 saturated heterocycles. The third kappa shape index (κ3) is 3.60. The van der Waals surface area contributed by atoms with Gasteiger partial charge in [0.1, 0.15) is 0 Å². The van der Waals surface area contributed by atoms with E-state index in [1.54, 1.807) is 4.31 Å². The van der Waals surface area contributed by atoms with Crippen molar-refractivity contribution in [1.29, 1.82) is 0 Å².